The molecule has 4 rings (SSSR count). The summed E-state index contributed by atoms with van der Waals surface area (Å²) < 4.78 is 37.6. The number of carbonyl (C=O) groups is 1. The van der Waals surface area contributed by atoms with E-state index in [1.807, 2.05) is 55.9 Å². The van der Waals surface area contributed by atoms with Gasteiger partial charge in [0.15, 0.2) is 0 Å². The number of amidine groups is 2. The van der Waals surface area contributed by atoms with Crippen molar-refractivity contribution in [2.24, 2.45) is 16.3 Å². The van der Waals surface area contributed by atoms with Crippen LogP contribution in [0.3, 0.4) is 0 Å². The zero-order valence-electron chi connectivity index (χ0n) is 35.0. The van der Waals surface area contributed by atoms with Crippen molar-refractivity contribution in [3.63, 3.8) is 0 Å². The third kappa shape index (κ3) is 11.5. The molecule has 0 bridgehead atoms. The molecule has 10 heteroatoms. The van der Waals surface area contributed by atoms with Crippen LogP contribution in [0.15, 0.2) is 72.2 Å². The Morgan fingerprint density at radius 1 is 1.25 bits per heavy atom. The molecule has 3 atom stereocenters. The van der Waals surface area contributed by atoms with E-state index in [1.165, 1.54) is 12.2 Å². The normalized spacial score (nSPS) is 20.9. The van der Waals surface area contributed by atoms with Gasteiger partial charge in [-0.25, -0.2) is 4.39 Å². The second-order valence-electron chi connectivity index (χ2n) is 15.8. The maximum absolute atomic E-state index is 14.2. The summed E-state index contributed by atoms with van der Waals surface area (Å²) in [6, 6.07) is 10.4. The number of hydrogen-bond acceptors (Lipinski definition) is 5. The molecule has 2 unspecified atom stereocenters. The van der Waals surface area contributed by atoms with Gasteiger partial charge in [0.2, 0.25) is 5.91 Å². The molecule has 1 aromatic heterocycles. The number of aliphatic imine (C=N–C) groups is 1. The Labute approximate surface area is 329 Å². The molecular formula is C45H64F2N6O2+2. The lowest BCUT2D eigenvalue weighted by Crippen LogP contribution is -2.50. The standard InChI is InChI=1S/C39H53F2N5O.C6H11NO/c1-10-15-33(41)19-18-30-16-14-17-31(20-30)34-22-35-32(23-42-34)21-36(46(8,9)24-29(5)11-2)43-37(44(35)7)47-28-39(12-3)25-38(6,26-40)27-45(39)13-4;1-4-6(8)7(3)5-2/h1,14-20,22-23,29H,11-13,21,24-28H2,2-9H3;4H,1,5H2,2-3H3/q+2;/b19-18-,33-15-;/t29?,38?,39-;/m1./s1. The first-order valence-corrected chi connectivity index (χ1v) is 19.5. The number of aromatic nitrogens is 1. The Balaban J connectivity index is 0.000000912. The SMILES string of the molecule is C#C/C=C(F)/C=C\c1cccc(-c2cc3c(cn2)CC([N+](C)(C)CC(C)CC)=NC(OC[C@@]2(CC)CC(C)(CF)CN2CC)=[N+]3C)c1.C=CC(=O)N(C)CC. The molecule has 298 valence electrons. The Hall–Kier alpha value is -4.46. The number of likely N-dealkylation sites (tertiary alicyclic amines) is 1. The van der Waals surface area contributed by atoms with Crippen LogP contribution < -0.4 is 0 Å². The number of allylic oxidation sites excluding steroid dienone is 3. The van der Waals surface area contributed by atoms with E-state index in [4.69, 9.17) is 21.1 Å². The molecular weight excluding hydrogens is 695 g/mol. The van der Waals surface area contributed by atoms with E-state index in [1.54, 1.807) is 18.0 Å². The molecule has 1 saturated heterocycles. The highest BCUT2D eigenvalue weighted by Crippen LogP contribution is 2.44. The predicted molar refractivity (Wildman–Crippen MR) is 224 cm³/mol. The van der Waals surface area contributed by atoms with Crippen LogP contribution in [0.5, 0.6) is 0 Å². The Bertz CT molecular complexity index is 1830. The van der Waals surface area contributed by atoms with E-state index >= 15 is 0 Å². The third-order valence-electron chi connectivity index (χ3n) is 11.0. The smallest absolute Gasteiger partial charge is 0.426 e. The molecule has 0 spiro atoms. The van der Waals surface area contributed by atoms with Crippen molar-refractivity contribution in [2.75, 3.05) is 67.7 Å². The Morgan fingerprint density at radius 2 is 1.98 bits per heavy atom. The van der Waals surface area contributed by atoms with Crippen molar-refractivity contribution in [1.29, 1.82) is 0 Å². The number of pyridine rings is 1. The largest absolute Gasteiger partial charge is 0.504 e. The highest BCUT2D eigenvalue weighted by molar-refractivity contribution is 5.91. The van der Waals surface area contributed by atoms with Crippen LogP contribution in [-0.2, 0) is 16.0 Å². The first-order valence-electron chi connectivity index (χ1n) is 19.5. The average Bonchev–Trinajstić information content (AvgIpc) is 3.40. The molecule has 2 aromatic rings. The molecule has 3 heterocycles. The van der Waals surface area contributed by atoms with E-state index in [-0.39, 0.29) is 23.5 Å². The van der Waals surface area contributed by atoms with Gasteiger partial charge in [-0.2, -0.15) is 4.58 Å². The Morgan fingerprint density at radius 3 is 2.56 bits per heavy atom. The minimum absolute atomic E-state index is 0.0208. The van der Waals surface area contributed by atoms with Crippen molar-refractivity contribution >= 4 is 29.5 Å². The third-order valence-corrected chi connectivity index (χ3v) is 11.0. The number of likely N-dealkylation sites (N-methyl/N-ethyl adjacent to an activating group) is 3. The van der Waals surface area contributed by atoms with E-state index < -0.39 is 5.83 Å². The maximum atomic E-state index is 14.2. The van der Waals surface area contributed by atoms with Crippen molar-refractivity contribution in [1.82, 2.24) is 14.8 Å². The highest BCUT2D eigenvalue weighted by atomic mass is 19.1. The summed E-state index contributed by atoms with van der Waals surface area (Å²) in [6.45, 7) is 19.4. The number of ether oxygens (including phenoxy) is 1. The average molecular weight is 759 g/mol. The minimum atomic E-state index is -0.477. The molecule has 1 amide bonds. The number of amides is 1. The number of hydrogen-bond donors (Lipinski definition) is 0. The van der Waals surface area contributed by atoms with Crippen LogP contribution in [0, 0.1) is 23.7 Å². The van der Waals surface area contributed by atoms with Gasteiger partial charge in [-0.3, -0.25) is 23.6 Å². The number of halogens is 2. The molecule has 0 saturated carbocycles. The second-order valence-corrected chi connectivity index (χ2v) is 15.8. The fourth-order valence-corrected chi connectivity index (χ4v) is 7.41. The summed E-state index contributed by atoms with van der Waals surface area (Å²) in [6.07, 6.45) is 15.9. The summed E-state index contributed by atoms with van der Waals surface area (Å²) >= 11 is 0. The molecule has 55 heavy (non-hydrogen) atoms. The van der Waals surface area contributed by atoms with Crippen LogP contribution >= 0.6 is 0 Å². The second kappa shape index (κ2) is 19.9. The highest BCUT2D eigenvalue weighted by Gasteiger charge is 2.51. The molecule has 1 aromatic carbocycles. The zero-order chi connectivity index (χ0) is 41.0. The van der Waals surface area contributed by atoms with E-state index in [0.717, 1.165) is 78.9 Å². The van der Waals surface area contributed by atoms with Gasteiger partial charge in [0, 0.05) is 65.9 Å². The van der Waals surface area contributed by atoms with Crippen LogP contribution in [0.4, 0.5) is 14.5 Å². The number of carbonyl (C=O) groups excluding carboxylic acids is 1. The zero-order valence-corrected chi connectivity index (χ0v) is 35.0. The van der Waals surface area contributed by atoms with Gasteiger partial charge in [0.25, 0.3) is 0 Å². The van der Waals surface area contributed by atoms with Crippen molar-refractivity contribution in [3.8, 4) is 23.6 Å². The number of rotatable bonds is 13. The van der Waals surface area contributed by atoms with Gasteiger partial charge in [-0.05, 0) is 56.5 Å². The van der Waals surface area contributed by atoms with E-state index in [9.17, 15) is 13.6 Å². The molecule has 0 aliphatic carbocycles. The molecule has 0 radical (unpaired) electrons. The van der Waals surface area contributed by atoms with Gasteiger partial charge < -0.3 is 9.64 Å². The summed E-state index contributed by atoms with van der Waals surface area (Å²) in [5.41, 5.74) is 3.90. The number of alkyl halides is 1. The first kappa shape index (κ1) is 44.9. The lowest BCUT2D eigenvalue weighted by Gasteiger charge is -2.36. The maximum Gasteiger partial charge on any atom is 0.504 e. The summed E-state index contributed by atoms with van der Waals surface area (Å²) in [5.74, 6) is 3.24. The molecule has 0 N–H and O–H groups in total. The molecule has 2 aliphatic heterocycles. The fraction of sp³-hybridized carbons (Fsp3) is 0.511. The number of terminal acetylenes is 1. The lowest BCUT2D eigenvalue weighted by molar-refractivity contribution is -0.804. The molecule has 8 nitrogen and oxygen atoms in total. The van der Waals surface area contributed by atoms with Crippen LogP contribution in [0.25, 0.3) is 17.3 Å². The van der Waals surface area contributed by atoms with Crippen molar-refractivity contribution < 1.29 is 27.4 Å². The minimum Gasteiger partial charge on any atom is -0.426 e. The predicted octanol–water partition coefficient (Wildman–Crippen LogP) is 8.47. The summed E-state index contributed by atoms with van der Waals surface area (Å²) in [7, 11) is 8.16. The fourth-order valence-electron chi connectivity index (χ4n) is 7.41. The molecule has 1 fully saturated rings. The summed E-state index contributed by atoms with van der Waals surface area (Å²) in [4.78, 5) is 24.7. The monoisotopic (exact) mass is 759 g/mol. The lowest BCUT2D eigenvalue weighted by atomic mass is 9.82. The number of nitrogens with zero attached hydrogens (tertiary/aromatic N) is 6. The van der Waals surface area contributed by atoms with Crippen LogP contribution in [0.2, 0.25) is 0 Å². The van der Waals surface area contributed by atoms with Crippen LogP contribution in [0.1, 0.15) is 71.9 Å². The van der Waals surface area contributed by atoms with Crippen molar-refractivity contribution in [2.45, 2.75) is 72.8 Å². The number of quaternary nitrogens is 1. The number of benzene rings is 1. The van der Waals surface area contributed by atoms with E-state index in [0.29, 0.717) is 36.0 Å². The summed E-state index contributed by atoms with van der Waals surface area (Å²) in [5, 5.41) is 0. The van der Waals surface area contributed by atoms with Gasteiger partial charge >= 0.3 is 11.9 Å². The first-order chi connectivity index (χ1) is 26.0. The van der Waals surface area contributed by atoms with Crippen LogP contribution in [-0.4, -0.2) is 115 Å². The van der Waals surface area contributed by atoms with E-state index in [2.05, 4.69) is 65.3 Å². The van der Waals surface area contributed by atoms with Gasteiger partial charge in [-0.1, -0.05) is 71.4 Å². The molecule has 2 aliphatic rings. The van der Waals surface area contributed by atoms with Crippen molar-refractivity contribution in [3.05, 3.63) is 78.3 Å². The topological polar surface area (TPSA) is 61.0 Å². The van der Waals surface area contributed by atoms with Gasteiger partial charge in [0.1, 0.15) is 18.1 Å². The quantitative estimate of drug-likeness (QED) is 0.0677. The van der Waals surface area contributed by atoms with Gasteiger partial charge in [0.05, 0.1) is 52.0 Å². The number of fused-ring (bicyclic) bond motifs is 1. The Kier molecular flexibility index (Phi) is 16.3. The van der Waals surface area contributed by atoms with Gasteiger partial charge in [-0.15, -0.1) is 6.42 Å².